The molecule has 1 N–H and O–H groups in total. The van der Waals surface area contributed by atoms with Gasteiger partial charge in [0.15, 0.2) is 0 Å². The van der Waals surface area contributed by atoms with Gasteiger partial charge in [-0.15, -0.1) is 5.01 Å². The average Bonchev–Trinajstić information content (AvgIpc) is 2.70. The standard InChI is InChI=1S/C16H19N3O2/c1-12-7-3-4-8-13(12)11-17-19-14(20)16(18-15(19)21)9-5-2-6-10-16/h3-4,7-8,11H,2,5-6,9-10H2,1H3,(H,18,21)/b17-11-. The molecule has 1 spiro atoms. The molecule has 1 heterocycles. The fourth-order valence-corrected chi connectivity index (χ4v) is 3.06. The summed E-state index contributed by atoms with van der Waals surface area (Å²) in [6.07, 6.45) is 6.08. The second-order valence-corrected chi connectivity index (χ2v) is 5.79. The summed E-state index contributed by atoms with van der Waals surface area (Å²) >= 11 is 0. The van der Waals surface area contributed by atoms with Crippen molar-refractivity contribution in [2.24, 2.45) is 5.10 Å². The van der Waals surface area contributed by atoms with Crippen LogP contribution in [0, 0.1) is 6.92 Å². The Bertz CT molecular complexity index is 603. The summed E-state index contributed by atoms with van der Waals surface area (Å²) in [5.41, 5.74) is 1.25. The fraction of sp³-hybridized carbons (Fsp3) is 0.438. The number of hydrazone groups is 1. The number of imide groups is 1. The van der Waals surface area contributed by atoms with Crippen LogP contribution < -0.4 is 5.32 Å². The van der Waals surface area contributed by atoms with E-state index in [1.807, 2.05) is 31.2 Å². The SMILES string of the molecule is Cc1ccccc1/C=N\N1C(=O)NC2(CCCCC2)C1=O. The number of nitrogens with one attached hydrogen (secondary N) is 1. The molecule has 1 aliphatic carbocycles. The van der Waals surface area contributed by atoms with E-state index in [0.717, 1.165) is 35.4 Å². The largest absolute Gasteiger partial charge is 0.346 e. The predicted octanol–water partition coefficient (Wildman–Crippen LogP) is 2.58. The van der Waals surface area contributed by atoms with Crippen LogP contribution in [0.5, 0.6) is 0 Å². The third-order valence-electron chi connectivity index (χ3n) is 4.35. The molecule has 1 saturated heterocycles. The summed E-state index contributed by atoms with van der Waals surface area (Å²) in [6.45, 7) is 1.97. The first-order chi connectivity index (χ1) is 10.1. The number of urea groups is 1. The topological polar surface area (TPSA) is 61.8 Å². The summed E-state index contributed by atoms with van der Waals surface area (Å²) in [6, 6.07) is 7.32. The molecule has 3 rings (SSSR count). The van der Waals surface area contributed by atoms with E-state index in [4.69, 9.17) is 0 Å². The van der Waals surface area contributed by atoms with Crippen molar-refractivity contribution in [3.05, 3.63) is 35.4 Å². The summed E-state index contributed by atoms with van der Waals surface area (Å²) in [7, 11) is 0. The molecule has 2 aliphatic rings. The summed E-state index contributed by atoms with van der Waals surface area (Å²) < 4.78 is 0. The van der Waals surface area contributed by atoms with Crippen LogP contribution in [-0.4, -0.2) is 28.7 Å². The molecule has 1 saturated carbocycles. The average molecular weight is 285 g/mol. The van der Waals surface area contributed by atoms with Gasteiger partial charge in [0.1, 0.15) is 5.54 Å². The zero-order valence-corrected chi connectivity index (χ0v) is 12.1. The molecule has 1 aliphatic heterocycles. The lowest BCUT2D eigenvalue weighted by atomic mass is 9.82. The van der Waals surface area contributed by atoms with Crippen LogP contribution in [-0.2, 0) is 4.79 Å². The van der Waals surface area contributed by atoms with Gasteiger partial charge in [0, 0.05) is 0 Å². The summed E-state index contributed by atoms with van der Waals surface area (Å²) in [5.74, 6) is -0.211. The van der Waals surface area contributed by atoms with E-state index >= 15 is 0 Å². The minimum absolute atomic E-state index is 0.211. The molecule has 0 bridgehead atoms. The molecule has 3 amide bonds. The Balaban J connectivity index is 1.81. The molecule has 0 unspecified atom stereocenters. The zero-order valence-electron chi connectivity index (χ0n) is 12.1. The van der Waals surface area contributed by atoms with Crippen molar-refractivity contribution < 1.29 is 9.59 Å². The van der Waals surface area contributed by atoms with E-state index in [1.165, 1.54) is 0 Å². The predicted molar refractivity (Wildman–Crippen MR) is 80.0 cm³/mol. The van der Waals surface area contributed by atoms with Crippen LogP contribution in [0.25, 0.3) is 0 Å². The molecule has 1 aromatic rings. The van der Waals surface area contributed by atoms with Crippen LogP contribution >= 0.6 is 0 Å². The highest BCUT2D eigenvalue weighted by molar-refractivity contribution is 6.07. The lowest BCUT2D eigenvalue weighted by molar-refractivity contribution is -0.132. The van der Waals surface area contributed by atoms with E-state index in [9.17, 15) is 9.59 Å². The van der Waals surface area contributed by atoms with Crippen LogP contribution in [0.2, 0.25) is 0 Å². The minimum atomic E-state index is -0.710. The van der Waals surface area contributed by atoms with E-state index in [-0.39, 0.29) is 5.91 Å². The highest BCUT2D eigenvalue weighted by Crippen LogP contribution is 2.33. The Labute approximate surface area is 124 Å². The number of hydrogen-bond donors (Lipinski definition) is 1. The van der Waals surface area contributed by atoms with Crippen molar-refractivity contribution in [1.82, 2.24) is 10.3 Å². The number of amides is 3. The molecule has 5 nitrogen and oxygen atoms in total. The normalized spacial score (nSPS) is 21.3. The van der Waals surface area contributed by atoms with Gasteiger partial charge in [-0.3, -0.25) is 4.79 Å². The molecule has 2 fully saturated rings. The van der Waals surface area contributed by atoms with E-state index in [1.54, 1.807) is 6.21 Å². The first-order valence-corrected chi connectivity index (χ1v) is 7.39. The smallest absolute Gasteiger partial charge is 0.321 e. The Morgan fingerprint density at radius 2 is 1.90 bits per heavy atom. The Hall–Kier alpha value is -2.17. The zero-order chi connectivity index (χ0) is 14.9. The van der Waals surface area contributed by atoms with Gasteiger partial charge in [-0.05, 0) is 30.9 Å². The van der Waals surface area contributed by atoms with Gasteiger partial charge in [0.2, 0.25) is 0 Å². The molecular formula is C16H19N3O2. The van der Waals surface area contributed by atoms with Crippen molar-refractivity contribution in [3.63, 3.8) is 0 Å². The molecular weight excluding hydrogens is 266 g/mol. The summed E-state index contributed by atoms with van der Waals surface area (Å²) in [4.78, 5) is 24.6. The Kier molecular flexibility index (Phi) is 3.49. The Morgan fingerprint density at radius 3 is 2.62 bits per heavy atom. The van der Waals surface area contributed by atoms with Crippen LogP contribution in [0.15, 0.2) is 29.4 Å². The number of benzene rings is 1. The molecule has 1 aromatic carbocycles. The van der Waals surface area contributed by atoms with Gasteiger partial charge < -0.3 is 5.32 Å². The van der Waals surface area contributed by atoms with Gasteiger partial charge >= 0.3 is 6.03 Å². The van der Waals surface area contributed by atoms with Gasteiger partial charge in [-0.1, -0.05) is 43.5 Å². The third-order valence-corrected chi connectivity index (χ3v) is 4.35. The number of aryl methyl sites for hydroxylation is 1. The third kappa shape index (κ3) is 2.44. The second kappa shape index (κ2) is 5.31. The van der Waals surface area contributed by atoms with Gasteiger partial charge in [0.05, 0.1) is 6.21 Å². The highest BCUT2D eigenvalue weighted by atomic mass is 16.2. The van der Waals surface area contributed by atoms with Gasteiger partial charge in [0.25, 0.3) is 5.91 Å². The first kappa shape index (κ1) is 13.8. The van der Waals surface area contributed by atoms with E-state index in [2.05, 4.69) is 10.4 Å². The van der Waals surface area contributed by atoms with Crippen LogP contribution in [0.1, 0.15) is 43.2 Å². The summed E-state index contributed by atoms with van der Waals surface area (Å²) in [5, 5.41) is 7.94. The van der Waals surface area contributed by atoms with Crippen molar-refractivity contribution in [3.8, 4) is 0 Å². The maximum atomic E-state index is 12.5. The second-order valence-electron chi connectivity index (χ2n) is 5.79. The Morgan fingerprint density at radius 1 is 1.19 bits per heavy atom. The van der Waals surface area contributed by atoms with Gasteiger partial charge in [-0.2, -0.15) is 5.10 Å². The molecule has 0 atom stereocenters. The fourth-order valence-electron chi connectivity index (χ4n) is 3.06. The molecule has 110 valence electrons. The number of rotatable bonds is 2. The number of carbonyl (C=O) groups excluding carboxylic acids is 2. The monoisotopic (exact) mass is 285 g/mol. The lowest BCUT2D eigenvalue weighted by Gasteiger charge is -2.29. The maximum absolute atomic E-state index is 12.5. The highest BCUT2D eigenvalue weighted by Gasteiger charge is 2.51. The van der Waals surface area contributed by atoms with Crippen LogP contribution in [0.4, 0.5) is 4.79 Å². The number of hydrogen-bond acceptors (Lipinski definition) is 3. The molecule has 0 radical (unpaired) electrons. The van der Waals surface area contributed by atoms with E-state index in [0.29, 0.717) is 12.8 Å². The van der Waals surface area contributed by atoms with Crippen molar-refractivity contribution in [1.29, 1.82) is 0 Å². The van der Waals surface area contributed by atoms with Gasteiger partial charge in [-0.25, -0.2) is 4.79 Å². The van der Waals surface area contributed by atoms with Crippen molar-refractivity contribution >= 4 is 18.2 Å². The quantitative estimate of drug-likeness (QED) is 0.670. The van der Waals surface area contributed by atoms with Crippen molar-refractivity contribution in [2.45, 2.75) is 44.6 Å². The molecule has 0 aromatic heterocycles. The minimum Gasteiger partial charge on any atom is -0.321 e. The lowest BCUT2D eigenvalue weighted by Crippen LogP contribution is -2.48. The molecule has 5 heteroatoms. The molecule has 21 heavy (non-hydrogen) atoms. The van der Waals surface area contributed by atoms with Crippen LogP contribution in [0.3, 0.4) is 0 Å². The first-order valence-electron chi connectivity index (χ1n) is 7.39. The van der Waals surface area contributed by atoms with Crippen molar-refractivity contribution in [2.75, 3.05) is 0 Å². The maximum Gasteiger partial charge on any atom is 0.346 e. The number of nitrogens with zero attached hydrogens (tertiary/aromatic N) is 2. The number of carbonyl (C=O) groups is 2. The van der Waals surface area contributed by atoms with E-state index < -0.39 is 11.6 Å².